The van der Waals surface area contributed by atoms with Crippen molar-refractivity contribution in [2.24, 2.45) is 0 Å². The molecule has 0 aromatic heterocycles. The SMILES string of the molecule is CCN(CC(=O)NC(C)C)C(=O)CCc1ccc(N)cc1. The number of nitrogens with one attached hydrogen (secondary N) is 1. The van der Waals surface area contributed by atoms with E-state index in [0.717, 1.165) is 5.56 Å². The summed E-state index contributed by atoms with van der Waals surface area (Å²) in [5.41, 5.74) is 7.41. The normalized spacial score (nSPS) is 10.5. The van der Waals surface area contributed by atoms with Gasteiger partial charge in [0, 0.05) is 24.7 Å². The van der Waals surface area contributed by atoms with Gasteiger partial charge in [-0.2, -0.15) is 0 Å². The smallest absolute Gasteiger partial charge is 0.239 e. The second-order valence-electron chi connectivity index (χ2n) is 5.37. The lowest BCUT2D eigenvalue weighted by Crippen LogP contribution is -2.42. The number of rotatable bonds is 7. The summed E-state index contributed by atoms with van der Waals surface area (Å²) in [7, 11) is 0. The number of nitrogen functional groups attached to an aromatic ring is 1. The summed E-state index contributed by atoms with van der Waals surface area (Å²) < 4.78 is 0. The lowest BCUT2D eigenvalue weighted by atomic mass is 10.1. The van der Waals surface area contributed by atoms with Crippen LogP contribution in [0.15, 0.2) is 24.3 Å². The molecule has 0 spiro atoms. The Labute approximate surface area is 126 Å². The molecule has 0 saturated carbocycles. The maximum atomic E-state index is 12.2. The standard InChI is InChI=1S/C16H25N3O2/c1-4-19(11-15(20)18-12(2)3)16(21)10-7-13-5-8-14(17)9-6-13/h5-6,8-9,12H,4,7,10-11,17H2,1-3H3,(H,18,20). The molecule has 1 aromatic rings. The van der Waals surface area contributed by atoms with E-state index in [9.17, 15) is 9.59 Å². The molecule has 3 N–H and O–H groups in total. The van der Waals surface area contributed by atoms with Crippen molar-refractivity contribution >= 4 is 17.5 Å². The van der Waals surface area contributed by atoms with Gasteiger partial charge in [-0.05, 0) is 44.9 Å². The van der Waals surface area contributed by atoms with Gasteiger partial charge in [0.05, 0.1) is 6.54 Å². The van der Waals surface area contributed by atoms with Crippen LogP contribution in [0.2, 0.25) is 0 Å². The molecule has 0 saturated heterocycles. The van der Waals surface area contributed by atoms with Crippen molar-refractivity contribution in [2.75, 3.05) is 18.8 Å². The van der Waals surface area contributed by atoms with Crippen molar-refractivity contribution in [3.63, 3.8) is 0 Å². The zero-order valence-electron chi connectivity index (χ0n) is 13.1. The number of amides is 2. The van der Waals surface area contributed by atoms with Crippen molar-refractivity contribution in [3.8, 4) is 0 Å². The molecule has 21 heavy (non-hydrogen) atoms. The van der Waals surface area contributed by atoms with Gasteiger partial charge in [-0.1, -0.05) is 12.1 Å². The molecule has 0 bridgehead atoms. The number of carbonyl (C=O) groups excluding carboxylic acids is 2. The van der Waals surface area contributed by atoms with Gasteiger partial charge in [-0.25, -0.2) is 0 Å². The van der Waals surface area contributed by atoms with Crippen LogP contribution >= 0.6 is 0 Å². The third kappa shape index (κ3) is 6.29. The molecule has 0 atom stereocenters. The minimum Gasteiger partial charge on any atom is -0.399 e. The first-order chi connectivity index (χ1) is 9.92. The average molecular weight is 291 g/mol. The predicted octanol–water partition coefficient (Wildman–Crippen LogP) is 1.57. The van der Waals surface area contributed by atoms with Crippen LogP contribution in [0, 0.1) is 0 Å². The summed E-state index contributed by atoms with van der Waals surface area (Å²) in [5.74, 6) is -0.124. The number of benzene rings is 1. The van der Waals surface area contributed by atoms with E-state index < -0.39 is 0 Å². The van der Waals surface area contributed by atoms with Crippen LogP contribution in [0.25, 0.3) is 0 Å². The molecule has 116 valence electrons. The summed E-state index contributed by atoms with van der Waals surface area (Å²) in [5, 5.41) is 2.80. The van der Waals surface area contributed by atoms with Crippen molar-refractivity contribution in [2.45, 2.75) is 39.7 Å². The van der Waals surface area contributed by atoms with E-state index in [1.54, 1.807) is 4.90 Å². The Morgan fingerprint density at radius 3 is 2.38 bits per heavy atom. The number of likely N-dealkylation sites (N-methyl/N-ethyl adjacent to an activating group) is 1. The van der Waals surface area contributed by atoms with E-state index in [-0.39, 0.29) is 24.4 Å². The maximum absolute atomic E-state index is 12.2. The van der Waals surface area contributed by atoms with Gasteiger partial charge in [-0.15, -0.1) is 0 Å². The van der Waals surface area contributed by atoms with Gasteiger partial charge in [0.25, 0.3) is 0 Å². The van der Waals surface area contributed by atoms with Gasteiger partial charge < -0.3 is 16.0 Å². The van der Waals surface area contributed by atoms with Gasteiger partial charge >= 0.3 is 0 Å². The summed E-state index contributed by atoms with van der Waals surface area (Å²) in [6, 6.07) is 7.58. The van der Waals surface area contributed by atoms with Gasteiger partial charge in [0.15, 0.2) is 0 Å². The summed E-state index contributed by atoms with van der Waals surface area (Å²) in [6.45, 7) is 6.33. The summed E-state index contributed by atoms with van der Waals surface area (Å²) in [6.07, 6.45) is 1.05. The number of anilines is 1. The van der Waals surface area contributed by atoms with E-state index in [1.165, 1.54) is 0 Å². The monoisotopic (exact) mass is 291 g/mol. The van der Waals surface area contributed by atoms with Crippen LogP contribution in [0.1, 0.15) is 32.8 Å². The molecule has 5 heteroatoms. The quantitative estimate of drug-likeness (QED) is 0.749. The molecule has 0 unspecified atom stereocenters. The van der Waals surface area contributed by atoms with Crippen molar-refractivity contribution in [3.05, 3.63) is 29.8 Å². The summed E-state index contributed by atoms with van der Waals surface area (Å²) >= 11 is 0. The molecule has 0 radical (unpaired) electrons. The number of aryl methyl sites for hydroxylation is 1. The Bertz CT molecular complexity index is 469. The zero-order chi connectivity index (χ0) is 15.8. The minimum absolute atomic E-state index is 0.00627. The average Bonchev–Trinajstić information content (AvgIpc) is 2.43. The highest BCUT2D eigenvalue weighted by Crippen LogP contribution is 2.08. The zero-order valence-corrected chi connectivity index (χ0v) is 13.1. The fourth-order valence-corrected chi connectivity index (χ4v) is 2.01. The fourth-order valence-electron chi connectivity index (χ4n) is 2.01. The number of nitrogens with two attached hydrogens (primary N) is 1. The molecular weight excluding hydrogens is 266 g/mol. The van der Waals surface area contributed by atoms with E-state index in [1.807, 2.05) is 45.0 Å². The topological polar surface area (TPSA) is 75.4 Å². The minimum atomic E-state index is -0.118. The van der Waals surface area contributed by atoms with Crippen LogP contribution in [0.3, 0.4) is 0 Å². The lowest BCUT2D eigenvalue weighted by Gasteiger charge is -2.21. The fraction of sp³-hybridized carbons (Fsp3) is 0.500. The Hall–Kier alpha value is -2.04. The van der Waals surface area contributed by atoms with E-state index in [4.69, 9.17) is 5.73 Å². The Balaban J connectivity index is 2.47. The highest BCUT2D eigenvalue weighted by Gasteiger charge is 2.15. The third-order valence-corrected chi connectivity index (χ3v) is 3.13. The summed E-state index contributed by atoms with van der Waals surface area (Å²) in [4.78, 5) is 25.5. The van der Waals surface area contributed by atoms with Gasteiger partial charge in [-0.3, -0.25) is 9.59 Å². The molecule has 0 aliphatic rings. The Morgan fingerprint density at radius 1 is 1.24 bits per heavy atom. The highest BCUT2D eigenvalue weighted by molar-refractivity contribution is 5.85. The van der Waals surface area contributed by atoms with Gasteiger partial charge in [0.2, 0.25) is 11.8 Å². The molecule has 0 heterocycles. The molecule has 0 fully saturated rings. The van der Waals surface area contributed by atoms with E-state index >= 15 is 0 Å². The molecular formula is C16H25N3O2. The maximum Gasteiger partial charge on any atom is 0.239 e. The predicted molar refractivity (Wildman–Crippen MR) is 84.7 cm³/mol. The van der Waals surface area contributed by atoms with Crippen LogP contribution in [-0.2, 0) is 16.0 Å². The number of nitrogens with zero attached hydrogens (tertiary/aromatic N) is 1. The van der Waals surface area contributed by atoms with Gasteiger partial charge in [0.1, 0.15) is 0 Å². The van der Waals surface area contributed by atoms with Crippen LogP contribution < -0.4 is 11.1 Å². The largest absolute Gasteiger partial charge is 0.399 e. The first kappa shape index (κ1) is 17.0. The van der Waals surface area contributed by atoms with Crippen LogP contribution in [-0.4, -0.2) is 35.8 Å². The Morgan fingerprint density at radius 2 is 1.86 bits per heavy atom. The number of carbonyl (C=O) groups is 2. The third-order valence-electron chi connectivity index (χ3n) is 3.13. The second-order valence-corrected chi connectivity index (χ2v) is 5.37. The molecule has 0 aliphatic heterocycles. The molecule has 1 aromatic carbocycles. The lowest BCUT2D eigenvalue weighted by molar-refractivity contribution is -0.136. The molecule has 1 rings (SSSR count). The Kier molecular flexibility index (Phi) is 6.72. The second kappa shape index (κ2) is 8.29. The van der Waals surface area contributed by atoms with E-state index in [0.29, 0.717) is 25.1 Å². The first-order valence-electron chi connectivity index (χ1n) is 7.34. The first-order valence-corrected chi connectivity index (χ1v) is 7.34. The number of hydrogen-bond donors (Lipinski definition) is 2. The number of hydrogen-bond acceptors (Lipinski definition) is 3. The highest BCUT2D eigenvalue weighted by atomic mass is 16.2. The van der Waals surface area contributed by atoms with Crippen molar-refractivity contribution in [1.29, 1.82) is 0 Å². The van der Waals surface area contributed by atoms with Crippen molar-refractivity contribution < 1.29 is 9.59 Å². The molecule has 2 amide bonds. The molecule has 5 nitrogen and oxygen atoms in total. The molecule has 0 aliphatic carbocycles. The van der Waals surface area contributed by atoms with E-state index in [2.05, 4.69) is 5.32 Å². The van der Waals surface area contributed by atoms with Crippen LogP contribution in [0.4, 0.5) is 5.69 Å². The van der Waals surface area contributed by atoms with Crippen molar-refractivity contribution in [1.82, 2.24) is 10.2 Å². The van der Waals surface area contributed by atoms with Crippen LogP contribution in [0.5, 0.6) is 0 Å².